The molecule has 1 aliphatic heterocycles. The molecule has 1 aromatic rings. The molecule has 0 aliphatic carbocycles. The fraction of sp³-hybridized carbons (Fsp3) is 0.588. The Bertz CT molecular complexity index is 453. The SMILES string of the molecule is CC[C@H](O)c1ccccc1OCC(=O)N1CCCCCC1. The number of para-hydroxylation sites is 1. The van der Waals surface area contributed by atoms with Crippen LogP contribution in [-0.4, -0.2) is 35.6 Å². The van der Waals surface area contributed by atoms with Crippen LogP contribution in [0.3, 0.4) is 0 Å². The van der Waals surface area contributed by atoms with Gasteiger partial charge in [0.2, 0.25) is 0 Å². The predicted octanol–water partition coefficient (Wildman–Crippen LogP) is 2.91. The zero-order valence-electron chi connectivity index (χ0n) is 12.8. The van der Waals surface area contributed by atoms with Crippen molar-refractivity contribution in [3.05, 3.63) is 29.8 Å². The average Bonchev–Trinajstić information content (AvgIpc) is 2.81. The molecule has 1 atom stereocenters. The van der Waals surface area contributed by atoms with Gasteiger partial charge in [-0.15, -0.1) is 0 Å². The first kappa shape index (κ1) is 15.8. The fourth-order valence-electron chi connectivity index (χ4n) is 2.66. The summed E-state index contributed by atoms with van der Waals surface area (Å²) < 4.78 is 5.66. The summed E-state index contributed by atoms with van der Waals surface area (Å²) in [4.78, 5) is 14.1. The molecule has 1 N–H and O–H groups in total. The summed E-state index contributed by atoms with van der Waals surface area (Å²) in [6, 6.07) is 7.39. The minimum absolute atomic E-state index is 0.0395. The molecule has 116 valence electrons. The van der Waals surface area contributed by atoms with Crippen molar-refractivity contribution in [1.82, 2.24) is 4.90 Å². The van der Waals surface area contributed by atoms with Gasteiger partial charge in [-0.2, -0.15) is 0 Å². The number of aliphatic hydroxyl groups excluding tert-OH is 1. The van der Waals surface area contributed by atoms with E-state index in [9.17, 15) is 9.90 Å². The minimum atomic E-state index is -0.547. The highest BCUT2D eigenvalue weighted by Gasteiger charge is 2.17. The van der Waals surface area contributed by atoms with E-state index in [-0.39, 0.29) is 12.5 Å². The van der Waals surface area contributed by atoms with E-state index in [0.29, 0.717) is 12.2 Å². The van der Waals surface area contributed by atoms with Crippen LogP contribution in [0.25, 0.3) is 0 Å². The van der Waals surface area contributed by atoms with Crippen LogP contribution in [0.1, 0.15) is 50.7 Å². The largest absolute Gasteiger partial charge is 0.483 e. The van der Waals surface area contributed by atoms with E-state index >= 15 is 0 Å². The summed E-state index contributed by atoms with van der Waals surface area (Å²) in [6.45, 7) is 3.64. The molecular weight excluding hydrogens is 266 g/mol. The molecule has 0 radical (unpaired) electrons. The van der Waals surface area contributed by atoms with Gasteiger partial charge in [0.15, 0.2) is 6.61 Å². The molecule has 1 fully saturated rings. The number of aliphatic hydroxyl groups is 1. The summed E-state index contributed by atoms with van der Waals surface area (Å²) in [5.41, 5.74) is 0.753. The Kier molecular flexibility index (Phi) is 6.05. The van der Waals surface area contributed by atoms with E-state index < -0.39 is 6.10 Å². The van der Waals surface area contributed by atoms with Gasteiger partial charge < -0.3 is 14.7 Å². The van der Waals surface area contributed by atoms with E-state index in [1.54, 1.807) is 0 Å². The molecule has 0 aromatic heterocycles. The molecule has 1 amide bonds. The third kappa shape index (κ3) is 4.46. The normalized spacial score (nSPS) is 17.1. The van der Waals surface area contributed by atoms with Crippen molar-refractivity contribution in [2.75, 3.05) is 19.7 Å². The van der Waals surface area contributed by atoms with Crippen LogP contribution in [0.2, 0.25) is 0 Å². The summed E-state index contributed by atoms with van der Waals surface area (Å²) in [7, 11) is 0. The Hall–Kier alpha value is -1.55. The highest BCUT2D eigenvalue weighted by molar-refractivity contribution is 5.77. The van der Waals surface area contributed by atoms with Crippen molar-refractivity contribution in [2.24, 2.45) is 0 Å². The lowest BCUT2D eigenvalue weighted by Crippen LogP contribution is -2.35. The molecule has 1 saturated heterocycles. The monoisotopic (exact) mass is 291 g/mol. The van der Waals surface area contributed by atoms with Gasteiger partial charge in [-0.3, -0.25) is 4.79 Å². The summed E-state index contributed by atoms with van der Waals surface area (Å²) in [6.07, 6.45) is 4.65. The number of hydrogen-bond acceptors (Lipinski definition) is 3. The zero-order valence-corrected chi connectivity index (χ0v) is 12.8. The zero-order chi connectivity index (χ0) is 15.1. The van der Waals surface area contributed by atoms with Crippen molar-refractivity contribution in [1.29, 1.82) is 0 Å². The average molecular weight is 291 g/mol. The topological polar surface area (TPSA) is 49.8 Å². The van der Waals surface area contributed by atoms with Crippen LogP contribution >= 0.6 is 0 Å². The van der Waals surface area contributed by atoms with Gasteiger partial charge in [0.25, 0.3) is 5.91 Å². The van der Waals surface area contributed by atoms with Gasteiger partial charge in [-0.1, -0.05) is 38.0 Å². The van der Waals surface area contributed by atoms with Crippen LogP contribution in [0.15, 0.2) is 24.3 Å². The van der Waals surface area contributed by atoms with Crippen molar-refractivity contribution in [2.45, 2.75) is 45.1 Å². The van der Waals surface area contributed by atoms with E-state index in [4.69, 9.17) is 4.74 Å². The molecule has 1 aromatic carbocycles. The second-order valence-corrected chi connectivity index (χ2v) is 5.55. The maximum atomic E-state index is 12.2. The number of nitrogens with zero attached hydrogens (tertiary/aromatic N) is 1. The summed E-state index contributed by atoms with van der Waals surface area (Å²) >= 11 is 0. The molecular formula is C17H25NO3. The Morgan fingerprint density at radius 1 is 1.24 bits per heavy atom. The molecule has 2 rings (SSSR count). The Morgan fingerprint density at radius 3 is 2.57 bits per heavy atom. The highest BCUT2D eigenvalue weighted by atomic mass is 16.5. The number of hydrogen-bond donors (Lipinski definition) is 1. The lowest BCUT2D eigenvalue weighted by atomic mass is 10.1. The summed E-state index contributed by atoms with van der Waals surface area (Å²) in [5, 5.41) is 9.99. The molecule has 21 heavy (non-hydrogen) atoms. The van der Waals surface area contributed by atoms with E-state index in [2.05, 4.69) is 0 Å². The molecule has 1 heterocycles. The maximum Gasteiger partial charge on any atom is 0.260 e. The van der Waals surface area contributed by atoms with Crippen molar-refractivity contribution < 1.29 is 14.6 Å². The molecule has 0 bridgehead atoms. The van der Waals surface area contributed by atoms with Gasteiger partial charge in [-0.05, 0) is 25.3 Å². The van der Waals surface area contributed by atoms with Gasteiger partial charge in [0.05, 0.1) is 6.10 Å². The third-order valence-corrected chi connectivity index (χ3v) is 3.97. The molecule has 4 nitrogen and oxygen atoms in total. The second kappa shape index (κ2) is 8.03. The summed E-state index contributed by atoms with van der Waals surface area (Å²) in [5.74, 6) is 0.646. The predicted molar refractivity (Wildman–Crippen MR) is 82.2 cm³/mol. The second-order valence-electron chi connectivity index (χ2n) is 5.55. The fourth-order valence-corrected chi connectivity index (χ4v) is 2.66. The number of ether oxygens (including phenoxy) is 1. The number of amides is 1. The number of likely N-dealkylation sites (tertiary alicyclic amines) is 1. The van der Waals surface area contributed by atoms with E-state index in [1.165, 1.54) is 12.8 Å². The minimum Gasteiger partial charge on any atom is -0.483 e. The van der Waals surface area contributed by atoms with E-state index in [1.807, 2.05) is 36.1 Å². The molecule has 4 heteroatoms. The number of carbonyl (C=O) groups is 1. The Morgan fingerprint density at radius 2 is 1.90 bits per heavy atom. The smallest absolute Gasteiger partial charge is 0.260 e. The molecule has 0 spiro atoms. The van der Waals surface area contributed by atoms with Crippen molar-refractivity contribution >= 4 is 5.91 Å². The number of benzene rings is 1. The van der Waals surface area contributed by atoms with Crippen LogP contribution in [0.4, 0.5) is 0 Å². The van der Waals surface area contributed by atoms with Crippen LogP contribution in [0, 0.1) is 0 Å². The molecule has 0 unspecified atom stereocenters. The van der Waals surface area contributed by atoms with Crippen LogP contribution in [-0.2, 0) is 4.79 Å². The first-order valence-electron chi connectivity index (χ1n) is 7.90. The first-order valence-corrected chi connectivity index (χ1v) is 7.90. The van der Waals surface area contributed by atoms with Gasteiger partial charge in [0, 0.05) is 18.7 Å². The Labute approximate surface area is 126 Å². The number of carbonyl (C=O) groups excluding carboxylic acids is 1. The quantitative estimate of drug-likeness (QED) is 0.907. The lowest BCUT2D eigenvalue weighted by Gasteiger charge is -2.21. The third-order valence-electron chi connectivity index (χ3n) is 3.97. The van der Waals surface area contributed by atoms with E-state index in [0.717, 1.165) is 31.5 Å². The molecule has 0 saturated carbocycles. The maximum absolute atomic E-state index is 12.2. The van der Waals surface area contributed by atoms with Gasteiger partial charge >= 0.3 is 0 Å². The molecule has 1 aliphatic rings. The van der Waals surface area contributed by atoms with Crippen molar-refractivity contribution in [3.8, 4) is 5.75 Å². The lowest BCUT2D eigenvalue weighted by molar-refractivity contribution is -0.133. The van der Waals surface area contributed by atoms with Crippen LogP contribution in [0.5, 0.6) is 5.75 Å². The highest BCUT2D eigenvalue weighted by Crippen LogP contribution is 2.26. The van der Waals surface area contributed by atoms with Crippen LogP contribution < -0.4 is 4.74 Å². The number of rotatable bonds is 5. The first-order chi connectivity index (χ1) is 10.2. The standard InChI is InChI=1S/C17H25NO3/c1-2-15(19)14-9-5-6-10-16(14)21-13-17(20)18-11-7-3-4-8-12-18/h5-6,9-10,15,19H,2-4,7-8,11-13H2,1H3/t15-/m0/s1. The van der Waals surface area contributed by atoms with Gasteiger partial charge in [0.1, 0.15) is 5.75 Å². The Balaban J connectivity index is 1.94. The van der Waals surface area contributed by atoms with Crippen molar-refractivity contribution in [3.63, 3.8) is 0 Å². The van der Waals surface area contributed by atoms with Gasteiger partial charge in [-0.25, -0.2) is 0 Å².